The van der Waals surface area contributed by atoms with Gasteiger partial charge in [0.1, 0.15) is 11.6 Å². The first kappa shape index (κ1) is 11.0. The molecule has 2 rings (SSSR count). The number of aromatic nitrogens is 3. The minimum atomic E-state index is 0.676. The molecule has 2 aromatic heterocycles. The minimum absolute atomic E-state index is 0.676. The average Bonchev–Trinajstić information content (AvgIpc) is 2.71. The number of nitrogens with one attached hydrogen (secondary N) is 1. The molecule has 0 aromatic carbocycles. The van der Waals surface area contributed by atoms with Crippen molar-refractivity contribution >= 4 is 23.2 Å². The molecule has 0 aliphatic heterocycles. The summed E-state index contributed by atoms with van der Waals surface area (Å²) in [5.74, 6) is 1.70. The van der Waals surface area contributed by atoms with Crippen molar-refractivity contribution in [3.05, 3.63) is 35.1 Å². The highest BCUT2D eigenvalue weighted by atomic mass is 35.5. The first-order valence-electron chi connectivity index (χ1n) is 5.11. The van der Waals surface area contributed by atoms with Crippen LogP contribution in [0.4, 0.5) is 11.6 Å². The maximum atomic E-state index is 5.91. The summed E-state index contributed by atoms with van der Waals surface area (Å²) in [6, 6.07) is 3.82. The topological polar surface area (TPSA) is 42.7 Å². The normalized spacial score (nSPS) is 10.4. The molecule has 0 unspecified atom stereocenters. The van der Waals surface area contributed by atoms with Crippen LogP contribution in [0.3, 0.4) is 0 Å². The standard InChI is InChI=1S/C11H13ClN4/c1-3-16-11(4-5-14-16)15-10-6-8(2)9(12)7-13-10/h4-7H,3H2,1-2H3,(H,13,15). The molecule has 0 aliphatic rings. The van der Waals surface area contributed by atoms with Gasteiger partial charge in [0.2, 0.25) is 0 Å². The van der Waals surface area contributed by atoms with Crippen LogP contribution in [0.15, 0.2) is 24.5 Å². The van der Waals surface area contributed by atoms with Crippen LogP contribution in [0, 0.1) is 6.92 Å². The van der Waals surface area contributed by atoms with Gasteiger partial charge in [0, 0.05) is 18.8 Å². The molecule has 4 nitrogen and oxygen atoms in total. The quantitative estimate of drug-likeness (QED) is 0.891. The number of aryl methyl sites for hydroxylation is 2. The second-order valence-corrected chi connectivity index (χ2v) is 3.88. The molecule has 0 amide bonds. The number of hydrogen-bond acceptors (Lipinski definition) is 3. The summed E-state index contributed by atoms with van der Waals surface area (Å²) in [4.78, 5) is 4.21. The van der Waals surface area contributed by atoms with Gasteiger partial charge in [-0.05, 0) is 25.5 Å². The third-order valence-corrected chi connectivity index (χ3v) is 2.71. The summed E-state index contributed by atoms with van der Waals surface area (Å²) in [6.07, 6.45) is 3.40. The van der Waals surface area contributed by atoms with Gasteiger partial charge in [-0.15, -0.1) is 0 Å². The van der Waals surface area contributed by atoms with E-state index in [0.29, 0.717) is 5.02 Å². The van der Waals surface area contributed by atoms with Crippen LogP contribution in [0.2, 0.25) is 5.02 Å². The number of halogens is 1. The molecule has 2 aromatic rings. The Balaban J connectivity index is 2.24. The van der Waals surface area contributed by atoms with Crippen molar-refractivity contribution in [2.75, 3.05) is 5.32 Å². The molecule has 16 heavy (non-hydrogen) atoms. The SMILES string of the molecule is CCn1nccc1Nc1cc(C)c(Cl)cn1. The van der Waals surface area contributed by atoms with Crippen molar-refractivity contribution in [3.63, 3.8) is 0 Å². The van der Waals surface area contributed by atoms with Gasteiger partial charge in [0.05, 0.1) is 11.2 Å². The van der Waals surface area contributed by atoms with E-state index in [1.54, 1.807) is 12.4 Å². The molecule has 0 saturated heterocycles. The van der Waals surface area contributed by atoms with Crippen LogP contribution in [-0.4, -0.2) is 14.8 Å². The molecular weight excluding hydrogens is 224 g/mol. The molecule has 0 aliphatic carbocycles. The van der Waals surface area contributed by atoms with Gasteiger partial charge in [0.15, 0.2) is 0 Å². The Kier molecular flexibility index (Phi) is 3.10. The minimum Gasteiger partial charge on any atom is -0.325 e. The van der Waals surface area contributed by atoms with E-state index >= 15 is 0 Å². The highest BCUT2D eigenvalue weighted by molar-refractivity contribution is 6.31. The Morgan fingerprint density at radius 2 is 2.31 bits per heavy atom. The fourth-order valence-corrected chi connectivity index (χ4v) is 1.53. The lowest BCUT2D eigenvalue weighted by Crippen LogP contribution is -2.03. The van der Waals surface area contributed by atoms with Crippen molar-refractivity contribution in [2.45, 2.75) is 20.4 Å². The maximum Gasteiger partial charge on any atom is 0.131 e. The zero-order chi connectivity index (χ0) is 11.5. The zero-order valence-corrected chi connectivity index (χ0v) is 9.99. The van der Waals surface area contributed by atoms with Gasteiger partial charge in [0.25, 0.3) is 0 Å². The summed E-state index contributed by atoms with van der Waals surface area (Å²) in [6.45, 7) is 4.81. The molecular formula is C11H13ClN4. The molecule has 2 heterocycles. The fourth-order valence-electron chi connectivity index (χ4n) is 1.43. The van der Waals surface area contributed by atoms with E-state index in [0.717, 1.165) is 23.7 Å². The number of rotatable bonds is 3. The van der Waals surface area contributed by atoms with Gasteiger partial charge in [-0.25, -0.2) is 9.67 Å². The second-order valence-electron chi connectivity index (χ2n) is 3.48. The second kappa shape index (κ2) is 4.53. The number of pyridine rings is 1. The first-order chi connectivity index (χ1) is 7.70. The van der Waals surface area contributed by atoms with Crippen LogP contribution in [0.1, 0.15) is 12.5 Å². The number of nitrogens with zero attached hydrogens (tertiary/aromatic N) is 3. The smallest absolute Gasteiger partial charge is 0.131 e. The summed E-state index contributed by atoms with van der Waals surface area (Å²) >= 11 is 5.91. The molecule has 0 bridgehead atoms. The number of hydrogen-bond donors (Lipinski definition) is 1. The van der Waals surface area contributed by atoms with Crippen molar-refractivity contribution in [2.24, 2.45) is 0 Å². The summed E-state index contributed by atoms with van der Waals surface area (Å²) in [5, 5.41) is 8.05. The maximum absolute atomic E-state index is 5.91. The lowest BCUT2D eigenvalue weighted by Gasteiger charge is -2.08. The van der Waals surface area contributed by atoms with E-state index in [4.69, 9.17) is 11.6 Å². The van der Waals surface area contributed by atoms with Gasteiger partial charge >= 0.3 is 0 Å². The molecule has 5 heteroatoms. The molecule has 0 saturated carbocycles. The Morgan fingerprint density at radius 3 is 3.00 bits per heavy atom. The van der Waals surface area contributed by atoms with Crippen molar-refractivity contribution in [1.82, 2.24) is 14.8 Å². The van der Waals surface area contributed by atoms with Crippen LogP contribution in [0.5, 0.6) is 0 Å². The van der Waals surface area contributed by atoms with Gasteiger partial charge in [-0.1, -0.05) is 11.6 Å². The highest BCUT2D eigenvalue weighted by Gasteiger charge is 2.03. The van der Waals surface area contributed by atoms with Crippen molar-refractivity contribution < 1.29 is 0 Å². The Morgan fingerprint density at radius 1 is 1.50 bits per heavy atom. The van der Waals surface area contributed by atoms with Gasteiger partial charge in [-0.2, -0.15) is 5.10 Å². The highest BCUT2D eigenvalue weighted by Crippen LogP contribution is 2.19. The van der Waals surface area contributed by atoms with Gasteiger partial charge < -0.3 is 5.32 Å². The van der Waals surface area contributed by atoms with Crippen molar-refractivity contribution in [1.29, 1.82) is 0 Å². The first-order valence-corrected chi connectivity index (χ1v) is 5.49. The molecule has 0 spiro atoms. The molecule has 0 fully saturated rings. The van der Waals surface area contributed by atoms with Crippen LogP contribution >= 0.6 is 11.6 Å². The Bertz CT molecular complexity index is 492. The van der Waals surface area contributed by atoms with E-state index < -0.39 is 0 Å². The largest absolute Gasteiger partial charge is 0.325 e. The zero-order valence-electron chi connectivity index (χ0n) is 9.24. The summed E-state index contributed by atoms with van der Waals surface area (Å²) in [5.41, 5.74) is 1.00. The van der Waals surface area contributed by atoms with E-state index in [9.17, 15) is 0 Å². The number of anilines is 2. The van der Waals surface area contributed by atoms with E-state index in [1.165, 1.54) is 0 Å². The van der Waals surface area contributed by atoms with Crippen LogP contribution in [-0.2, 0) is 6.54 Å². The lowest BCUT2D eigenvalue weighted by molar-refractivity contribution is 0.668. The van der Waals surface area contributed by atoms with Gasteiger partial charge in [-0.3, -0.25) is 0 Å². The van der Waals surface area contributed by atoms with E-state index in [-0.39, 0.29) is 0 Å². The van der Waals surface area contributed by atoms with Crippen molar-refractivity contribution in [3.8, 4) is 0 Å². The van der Waals surface area contributed by atoms with Crippen LogP contribution in [0.25, 0.3) is 0 Å². The molecule has 1 N–H and O–H groups in total. The Hall–Kier alpha value is -1.55. The third kappa shape index (κ3) is 2.17. The van der Waals surface area contributed by atoms with E-state index in [1.807, 2.05) is 30.7 Å². The summed E-state index contributed by atoms with van der Waals surface area (Å²) in [7, 11) is 0. The van der Waals surface area contributed by atoms with E-state index in [2.05, 4.69) is 15.4 Å². The van der Waals surface area contributed by atoms with Crippen LogP contribution < -0.4 is 5.32 Å². The molecule has 0 radical (unpaired) electrons. The monoisotopic (exact) mass is 236 g/mol. The molecule has 0 atom stereocenters. The predicted molar refractivity (Wildman–Crippen MR) is 65.2 cm³/mol. The third-order valence-electron chi connectivity index (χ3n) is 2.32. The average molecular weight is 237 g/mol. The fraction of sp³-hybridized carbons (Fsp3) is 0.273. The molecule has 84 valence electrons. The lowest BCUT2D eigenvalue weighted by atomic mass is 10.3. The Labute approximate surface area is 99.3 Å². The predicted octanol–water partition coefficient (Wildman–Crippen LogP) is 3.00. The summed E-state index contributed by atoms with van der Waals surface area (Å²) < 4.78 is 1.87.